The maximum absolute atomic E-state index is 14.8. The van der Waals surface area contributed by atoms with Gasteiger partial charge in [0.05, 0.1) is 28.5 Å². The van der Waals surface area contributed by atoms with Crippen LogP contribution < -0.4 is 10.1 Å². The average Bonchev–Trinajstić information content (AvgIpc) is 2.82. The minimum Gasteiger partial charge on any atom is -0.471 e. The van der Waals surface area contributed by atoms with Crippen molar-refractivity contribution in [3.05, 3.63) is 52.6 Å². The summed E-state index contributed by atoms with van der Waals surface area (Å²) in [5, 5.41) is 3.73. The molecule has 1 atom stereocenters. The van der Waals surface area contributed by atoms with Crippen molar-refractivity contribution in [1.29, 1.82) is 0 Å². The zero-order valence-electron chi connectivity index (χ0n) is 21.4. The number of sulfone groups is 1. The second kappa shape index (κ2) is 10.3. The van der Waals surface area contributed by atoms with E-state index < -0.39 is 33.7 Å². The van der Waals surface area contributed by atoms with Crippen LogP contribution in [0, 0.1) is 12.7 Å². The van der Waals surface area contributed by atoms with E-state index in [1.165, 1.54) is 12.1 Å². The summed E-state index contributed by atoms with van der Waals surface area (Å²) in [4.78, 5) is 15.9. The Morgan fingerprint density at radius 2 is 1.79 bits per heavy atom. The van der Waals surface area contributed by atoms with E-state index in [0.29, 0.717) is 41.4 Å². The first-order valence-electron chi connectivity index (χ1n) is 12.6. The molecule has 204 valence electrons. The molecule has 38 heavy (non-hydrogen) atoms. The van der Waals surface area contributed by atoms with Crippen LogP contribution in [0.15, 0.2) is 24.3 Å². The third-order valence-corrected chi connectivity index (χ3v) is 8.92. The summed E-state index contributed by atoms with van der Waals surface area (Å²) in [6, 6.07) is 5.13. The van der Waals surface area contributed by atoms with Gasteiger partial charge in [-0.1, -0.05) is 18.2 Å². The average molecular weight is 550 g/mol. The number of nitrogens with zero attached hydrogens (tertiary/aromatic N) is 4. The van der Waals surface area contributed by atoms with Gasteiger partial charge in [-0.2, -0.15) is 4.98 Å². The van der Waals surface area contributed by atoms with Crippen LogP contribution in [0.2, 0.25) is 0 Å². The van der Waals surface area contributed by atoms with Crippen molar-refractivity contribution in [2.24, 2.45) is 0 Å². The number of benzene rings is 1. The highest BCUT2D eigenvalue weighted by atomic mass is 32.2. The molecule has 0 spiro atoms. The number of fused-ring (bicyclic) bond motifs is 1. The van der Waals surface area contributed by atoms with E-state index in [0.717, 1.165) is 24.7 Å². The lowest BCUT2D eigenvalue weighted by molar-refractivity contribution is 0.0347. The van der Waals surface area contributed by atoms with Crippen molar-refractivity contribution in [1.82, 2.24) is 19.9 Å². The van der Waals surface area contributed by atoms with Gasteiger partial charge >= 0.3 is 0 Å². The number of alkyl halides is 2. The first-order valence-corrected chi connectivity index (χ1v) is 14.4. The Labute approximate surface area is 219 Å². The number of anilines is 1. The van der Waals surface area contributed by atoms with Crippen molar-refractivity contribution in [3.63, 3.8) is 0 Å². The summed E-state index contributed by atoms with van der Waals surface area (Å²) < 4.78 is 71.8. The maximum atomic E-state index is 14.8. The van der Waals surface area contributed by atoms with Crippen molar-refractivity contribution in [2.75, 3.05) is 37.0 Å². The first-order chi connectivity index (χ1) is 18.0. The molecule has 8 nitrogen and oxygen atoms in total. The van der Waals surface area contributed by atoms with Crippen LogP contribution in [0.5, 0.6) is 5.88 Å². The van der Waals surface area contributed by atoms with Crippen LogP contribution in [-0.4, -0.2) is 66.0 Å². The number of halogens is 3. The maximum Gasteiger partial charge on any atom is 0.266 e. The van der Waals surface area contributed by atoms with Crippen molar-refractivity contribution in [2.45, 2.75) is 51.2 Å². The highest BCUT2D eigenvalue weighted by molar-refractivity contribution is 7.91. The van der Waals surface area contributed by atoms with Gasteiger partial charge in [0.15, 0.2) is 5.65 Å². The normalized spacial score (nSPS) is 19.4. The third kappa shape index (κ3) is 5.42. The summed E-state index contributed by atoms with van der Waals surface area (Å²) in [6.07, 6.45) is -2.05. The smallest absolute Gasteiger partial charge is 0.266 e. The molecular weight excluding hydrogens is 519 g/mol. The Hall–Kier alpha value is -2.99. The minimum atomic E-state index is -3.07. The molecule has 0 bridgehead atoms. The van der Waals surface area contributed by atoms with E-state index in [2.05, 4.69) is 20.2 Å². The fourth-order valence-corrected chi connectivity index (χ4v) is 6.58. The molecule has 2 fully saturated rings. The van der Waals surface area contributed by atoms with Gasteiger partial charge in [-0.05, 0) is 45.7 Å². The minimum absolute atomic E-state index is 0.0262. The summed E-state index contributed by atoms with van der Waals surface area (Å²) in [5.74, 6) is 0.395. The lowest BCUT2D eigenvalue weighted by Crippen LogP contribution is -2.51. The SMILES string of the molecule is Cc1nc(N[C@H](C)c2cccc(C(F)F)c2F)c2cc(C3CCS(=O)(=O)CC3)c(OC3CN(C)C3)nc2n1. The molecule has 0 saturated carbocycles. The number of hydrogen-bond acceptors (Lipinski definition) is 8. The Balaban J connectivity index is 1.54. The number of ether oxygens (including phenoxy) is 1. The van der Waals surface area contributed by atoms with Crippen molar-refractivity contribution >= 4 is 26.7 Å². The van der Waals surface area contributed by atoms with Gasteiger partial charge < -0.3 is 10.1 Å². The molecule has 0 unspecified atom stereocenters. The van der Waals surface area contributed by atoms with Gasteiger partial charge in [-0.15, -0.1) is 0 Å². The summed E-state index contributed by atoms with van der Waals surface area (Å²) >= 11 is 0. The van der Waals surface area contributed by atoms with Gasteiger partial charge in [-0.25, -0.2) is 31.6 Å². The standard InChI is InChI=1S/C26H30F3N5O3S/c1-14(18-5-4-6-19(22(18)27)23(28)29)30-24-21-11-20(16-7-9-38(35,36)10-8-16)26(37-17-12-34(3)13-17)33-25(21)32-15(2)31-24/h4-6,11,14,16-17,23H,7-10,12-13H2,1-3H3,(H,30,31,32,33)/t14-/m1/s1. The Morgan fingerprint density at radius 1 is 1.11 bits per heavy atom. The molecule has 1 N–H and O–H groups in total. The van der Waals surface area contributed by atoms with Crippen LogP contribution in [0.25, 0.3) is 11.0 Å². The number of aryl methyl sites for hydroxylation is 1. The first kappa shape index (κ1) is 26.6. The van der Waals surface area contributed by atoms with Crippen molar-refractivity contribution in [3.8, 4) is 5.88 Å². The quantitative estimate of drug-likeness (QED) is 0.458. The van der Waals surface area contributed by atoms with E-state index in [1.54, 1.807) is 13.8 Å². The van der Waals surface area contributed by atoms with Crippen LogP contribution in [-0.2, 0) is 9.84 Å². The third-order valence-electron chi connectivity index (χ3n) is 7.21. The van der Waals surface area contributed by atoms with E-state index in [1.807, 2.05) is 13.1 Å². The molecule has 0 amide bonds. The Kier molecular flexibility index (Phi) is 7.21. The molecule has 2 saturated heterocycles. The molecule has 2 aromatic heterocycles. The number of likely N-dealkylation sites (N-methyl/N-ethyl adjacent to an activating group) is 1. The predicted octanol–water partition coefficient (Wildman–Crippen LogP) is 4.57. The van der Waals surface area contributed by atoms with Gasteiger partial charge in [0.1, 0.15) is 33.4 Å². The summed E-state index contributed by atoms with van der Waals surface area (Å²) in [5.41, 5.74) is 0.603. The number of nitrogens with one attached hydrogen (secondary N) is 1. The highest BCUT2D eigenvalue weighted by Crippen LogP contribution is 2.38. The molecule has 12 heteroatoms. The zero-order chi connectivity index (χ0) is 27.2. The molecule has 2 aliphatic heterocycles. The lowest BCUT2D eigenvalue weighted by Gasteiger charge is -2.36. The fraction of sp³-hybridized carbons (Fsp3) is 0.500. The largest absolute Gasteiger partial charge is 0.471 e. The van der Waals surface area contributed by atoms with E-state index in [-0.39, 0.29) is 29.1 Å². The molecule has 2 aliphatic rings. The molecule has 1 aromatic carbocycles. The lowest BCUT2D eigenvalue weighted by atomic mass is 9.93. The topological polar surface area (TPSA) is 97.3 Å². The number of likely N-dealkylation sites (tertiary alicyclic amines) is 1. The van der Waals surface area contributed by atoms with E-state index in [9.17, 15) is 21.6 Å². The van der Waals surface area contributed by atoms with Crippen LogP contribution in [0.4, 0.5) is 19.0 Å². The number of pyridine rings is 1. The van der Waals surface area contributed by atoms with Crippen LogP contribution in [0.3, 0.4) is 0 Å². The second-order valence-corrected chi connectivity index (χ2v) is 12.5. The molecule has 0 radical (unpaired) electrons. The van der Waals surface area contributed by atoms with E-state index >= 15 is 0 Å². The molecule has 3 aromatic rings. The van der Waals surface area contributed by atoms with Gasteiger partial charge in [-0.3, -0.25) is 4.90 Å². The predicted molar refractivity (Wildman–Crippen MR) is 138 cm³/mol. The van der Waals surface area contributed by atoms with Crippen LogP contribution in [0.1, 0.15) is 60.7 Å². The molecule has 4 heterocycles. The molecular formula is C26H30F3N5O3S. The fourth-order valence-electron chi connectivity index (χ4n) is 5.09. The van der Waals surface area contributed by atoms with Crippen LogP contribution >= 0.6 is 0 Å². The molecule has 5 rings (SSSR count). The van der Waals surface area contributed by atoms with Gasteiger partial charge in [0.25, 0.3) is 6.43 Å². The van der Waals surface area contributed by atoms with E-state index in [4.69, 9.17) is 9.72 Å². The Bertz CT molecular complexity index is 1450. The van der Waals surface area contributed by atoms with Gasteiger partial charge in [0.2, 0.25) is 5.88 Å². The Morgan fingerprint density at radius 3 is 2.45 bits per heavy atom. The number of hydrogen-bond donors (Lipinski definition) is 1. The summed E-state index contributed by atoms with van der Waals surface area (Å²) in [7, 11) is -1.07. The van der Waals surface area contributed by atoms with Crippen molar-refractivity contribution < 1.29 is 26.3 Å². The zero-order valence-corrected chi connectivity index (χ0v) is 22.2. The highest BCUT2D eigenvalue weighted by Gasteiger charge is 2.32. The number of aromatic nitrogens is 3. The van der Waals surface area contributed by atoms with Gasteiger partial charge in [0, 0.05) is 24.2 Å². The summed E-state index contributed by atoms with van der Waals surface area (Å²) in [6.45, 7) is 4.89. The number of rotatable bonds is 7. The molecule has 0 aliphatic carbocycles. The second-order valence-electron chi connectivity index (χ2n) is 10.2. The monoisotopic (exact) mass is 549 g/mol.